The van der Waals surface area contributed by atoms with E-state index in [2.05, 4.69) is 27.1 Å². The fourth-order valence-electron chi connectivity index (χ4n) is 3.16. The van der Waals surface area contributed by atoms with E-state index in [4.69, 9.17) is 21.1 Å². The molecule has 27 heavy (non-hydrogen) atoms. The van der Waals surface area contributed by atoms with E-state index in [0.717, 1.165) is 37.6 Å². The van der Waals surface area contributed by atoms with Gasteiger partial charge >= 0.3 is 0 Å². The van der Waals surface area contributed by atoms with Crippen LogP contribution in [0.15, 0.2) is 30.5 Å². The number of piperazine rings is 1. The summed E-state index contributed by atoms with van der Waals surface area (Å²) in [5.74, 6) is 1.71. The first-order valence-electron chi connectivity index (χ1n) is 8.86. The lowest BCUT2D eigenvalue weighted by atomic mass is 10.1. The van der Waals surface area contributed by atoms with Crippen LogP contribution in [-0.4, -0.2) is 55.8 Å². The molecule has 0 spiro atoms. The molecule has 0 atom stereocenters. The number of anilines is 1. The van der Waals surface area contributed by atoms with Gasteiger partial charge in [0.2, 0.25) is 6.79 Å². The molecule has 1 amide bonds. The Morgan fingerprint density at radius 1 is 1.22 bits per heavy atom. The molecule has 7 nitrogen and oxygen atoms in total. The minimum Gasteiger partial charge on any atom is -0.454 e. The first-order valence-corrected chi connectivity index (χ1v) is 9.24. The van der Waals surface area contributed by atoms with Crippen molar-refractivity contribution in [3.05, 3.63) is 46.6 Å². The summed E-state index contributed by atoms with van der Waals surface area (Å²) in [5, 5.41) is 3.29. The number of halogens is 1. The monoisotopic (exact) mass is 388 g/mol. The minimum absolute atomic E-state index is 0.117. The number of fused-ring (bicyclic) bond motifs is 1. The van der Waals surface area contributed by atoms with Crippen molar-refractivity contribution < 1.29 is 14.3 Å². The Balaban J connectivity index is 1.41. The molecule has 1 saturated heterocycles. The average Bonchev–Trinajstić information content (AvgIpc) is 3.16. The Morgan fingerprint density at radius 3 is 2.85 bits per heavy atom. The van der Waals surface area contributed by atoms with Gasteiger partial charge in [-0.3, -0.25) is 4.79 Å². The first-order chi connectivity index (χ1) is 13.1. The summed E-state index contributed by atoms with van der Waals surface area (Å²) in [6.07, 6.45) is 1.78. The predicted octanol–water partition coefficient (Wildman–Crippen LogP) is 2.15. The number of ether oxygens (including phenoxy) is 2. The number of likely N-dealkylation sites (N-methyl/N-ethyl adjacent to an activating group) is 1. The van der Waals surface area contributed by atoms with Gasteiger partial charge in [0.1, 0.15) is 5.82 Å². The fourth-order valence-corrected chi connectivity index (χ4v) is 3.43. The van der Waals surface area contributed by atoms with Gasteiger partial charge in [0.25, 0.3) is 5.91 Å². The Bertz CT molecular complexity index is 853. The Labute approximate surface area is 162 Å². The molecule has 2 aromatic rings. The van der Waals surface area contributed by atoms with E-state index in [9.17, 15) is 4.79 Å². The van der Waals surface area contributed by atoms with E-state index in [-0.39, 0.29) is 12.7 Å². The molecule has 8 heteroatoms. The second-order valence-electron chi connectivity index (χ2n) is 6.69. The lowest BCUT2D eigenvalue weighted by molar-refractivity contribution is 0.0950. The molecule has 1 fully saturated rings. The SMILES string of the molecule is CN1CCN(c2cc(CNC(=O)c3cc(Cl)c4c(c3)OCO4)ccn2)CC1. The lowest BCUT2D eigenvalue weighted by Crippen LogP contribution is -2.44. The van der Waals surface area contributed by atoms with Gasteiger partial charge in [0.15, 0.2) is 11.5 Å². The summed E-state index contributed by atoms with van der Waals surface area (Å²) in [6, 6.07) is 7.17. The summed E-state index contributed by atoms with van der Waals surface area (Å²) in [6.45, 7) is 4.48. The summed E-state index contributed by atoms with van der Waals surface area (Å²) in [7, 11) is 2.12. The van der Waals surface area contributed by atoms with Crippen molar-refractivity contribution in [3.8, 4) is 11.5 Å². The molecule has 142 valence electrons. The molecule has 1 aromatic carbocycles. The molecule has 0 aliphatic carbocycles. The minimum atomic E-state index is -0.215. The molecule has 0 unspecified atom stereocenters. The maximum absolute atomic E-state index is 12.5. The van der Waals surface area contributed by atoms with Crippen LogP contribution >= 0.6 is 11.6 Å². The number of carbonyl (C=O) groups excluding carboxylic acids is 1. The normalized spacial score (nSPS) is 16.4. The highest BCUT2D eigenvalue weighted by Crippen LogP contribution is 2.39. The number of hydrogen-bond donors (Lipinski definition) is 1. The Morgan fingerprint density at radius 2 is 2.04 bits per heavy atom. The highest BCUT2D eigenvalue weighted by Gasteiger charge is 2.21. The number of carbonyl (C=O) groups is 1. The van der Waals surface area contributed by atoms with Crippen LogP contribution in [0.25, 0.3) is 0 Å². The molecule has 0 radical (unpaired) electrons. The maximum Gasteiger partial charge on any atom is 0.251 e. The van der Waals surface area contributed by atoms with Crippen molar-refractivity contribution >= 4 is 23.3 Å². The third-order valence-electron chi connectivity index (χ3n) is 4.78. The predicted molar refractivity (Wildman–Crippen MR) is 103 cm³/mol. The van der Waals surface area contributed by atoms with E-state index in [0.29, 0.717) is 28.6 Å². The van der Waals surface area contributed by atoms with Gasteiger partial charge in [-0.25, -0.2) is 4.98 Å². The largest absolute Gasteiger partial charge is 0.454 e. The Kier molecular flexibility index (Phi) is 5.05. The molecular formula is C19H21ClN4O3. The van der Waals surface area contributed by atoms with Crippen LogP contribution < -0.4 is 19.7 Å². The van der Waals surface area contributed by atoms with Crippen molar-refractivity contribution in [2.45, 2.75) is 6.54 Å². The smallest absolute Gasteiger partial charge is 0.251 e. The zero-order chi connectivity index (χ0) is 18.8. The zero-order valence-corrected chi connectivity index (χ0v) is 15.8. The lowest BCUT2D eigenvalue weighted by Gasteiger charge is -2.33. The third-order valence-corrected chi connectivity index (χ3v) is 5.06. The number of benzene rings is 1. The Hall–Kier alpha value is -2.51. The second-order valence-corrected chi connectivity index (χ2v) is 7.09. The van der Waals surface area contributed by atoms with Gasteiger partial charge in [0, 0.05) is 44.5 Å². The molecule has 0 saturated carbocycles. The highest BCUT2D eigenvalue weighted by molar-refractivity contribution is 6.32. The number of aromatic nitrogens is 1. The number of pyridine rings is 1. The molecule has 4 rings (SSSR count). The van der Waals surface area contributed by atoms with E-state index in [1.807, 2.05) is 12.1 Å². The average molecular weight is 389 g/mol. The highest BCUT2D eigenvalue weighted by atomic mass is 35.5. The number of amides is 1. The molecule has 1 N–H and O–H groups in total. The molecule has 2 aliphatic rings. The van der Waals surface area contributed by atoms with Crippen LogP contribution in [-0.2, 0) is 6.54 Å². The van der Waals surface area contributed by atoms with Gasteiger partial charge in [-0.1, -0.05) is 11.6 Å². The second kappa shape index (κ2) is 7.62. The van der Waals surface area contributed by atoms with Crippen molar-refractivity contribution in [2.24, 2.45) is 0 Å². The van der Waals surface area contributed by atoms with Crippen molar-refractivity contribution in [3.63, 3.8) is 0 Å². The molecular weight excluding hydrogens is 368 g/mol. The van der Waals surface area contributed by atoms with Crippen molar-refractivity contribution in [1.82, 2.24) is 15.2 Å². The van der Waals surface area contributed by atoms with Crippen molar-refractivity contribution in [2.75, 3.05) is 44.9 Å². The number of nitrogens with one attached hydrogen (secondary N) is 1. The summed E-state index contributed by atoms with van der Waals surface area (Å²) >= 11 is 6.15. The topological polar surface area (TPSA) is 66.9 Å². The van der Waals surface area contributed by atoms with E-state index in [1.165, 1.54) is 0 Å². The van der Waals surface area contributed by atoms with Gasteiger partial charge in [-0.05, 0) is 36.9 Å². The summed E-state index contributed by atoms with van der Waals surface area (Å²) in [5.41, 5.74) is 1.44. The van der Waals surface area contributed by atoms with Crippen LogP contribution in [0.3, 0.4) is 0 Å². The standard InChI is InChI=1S/C19H21ClN4O3/c1-23-4-6-24(7-5-23)17-8-13(2-3-21-17)11-22-19(25)14-9-15(20)18-16(10-14)26-12-27-18/h2-3,8-10H,4-7,11-12H2,1H3,(H,22,25). The van der Waals surface area contributed by atoms with Gasteiger partial charge in [-0.2, -0.15) is 0 Å². The van der Waals surface area contributed by atoms with Gasteiger partial charge < -0.3 is 24.6 Å². The van der Waals surface area contributed by atoms with Crippen LogP contribution in [0.4, 0.5) is 5.82 Å². The quantitative estimate of drug-likeness (QED) is 0.865. The number of rotatable bonds is 4. The van der Waals surface area contributed by atoms with Crippen LogP contribution in [0, 0.1) is 0 Å². The first kappa shape index (κ1) is 17.9. The van der Waals surface area contributed by atoms with E-state index < -0.39 is 0 Å². The maximum atomic E-state index is 12.5. The summed E-state index contributed by atoms with van der Waals surface area (Å²) in [4.78, 5) is 21.5. The van der Waals surface area contributed by atoms with Crippen molar-refractivity contribution in [1.29, 1.82) is 0 Å². The fraction of sp³-hybridized carbons (Fsp3) is 0.368. The van der Waals surface area contributed by atoms with Crippen LogP contribution in [0.5, 0.6) is 11.5 Å². The van der Waals surface area contributed by atoms with Gasteiger partial charge in [-0.15, -0.1) is 0 Å². The van der Waals surface area contributed by atoms with Crippen LogP contribution in [0.2, 0.25) is 5.02 Å². The third kappa shape index (κ3) is 3.94. The number of hydrogen-bond acceptors (Lipinski definition) is 6. The molecule has 1 aromatic heterocycles. The van der Waals surface area contributed by atoms with Gasteiger partial charge in [0.05, 0.1) is 5.02 Å². The van der Waals surface area contributed by atoms with E-state index >= 15 is 0 Å². The summed E-state index contributed by atoms with van der Waals surface area (Å²) < 4.78 is 10.6. The number of nitrogens with zero attached hydrogens (tertiary/aromatic N) is 3. The van der Waals surface area contributed by atoms with Crippen LogP contribution in [0.1, 0.15) is 15.9 Å². The molecule has 0 bridgehead atoms. The van der Waals surface area contributed by atoms with E-state index in [1.54, 1.807) is 18.3 Å². The molecule has 3 heterocycles. The molecule has 2 aliphatic heterocycles. The zero-order valence-electron chi connectivity index (χ0n) is 15.1.